The van der Waals surface area contributed by atoms with E-state index in [4.69, 9.17) is 10.5 Å². The highest BCUT2D eigenvalue weighted by Gasteiger charge is 2.18. The van der Waals surface area contributed by atoms with Crippen molar-refractivity contribution in [2.24, 2.45) is 0 Å². The third kappa shape index (κ3) is 2.51. The lowest BCUT2D eigenvalue weighted by Crippen LogP contribution is -2.08. The van der Waals surface area contributed by atoms with Crippen molar-refractivity contribution in [3.8, 4) is 11.8 Å². The Balaban J connectivity index is 2.51. The fourth-order valence-corrected chi connectivity index (χ4v) is 2.13. The summed E-state index contributed by atoms with van der Waals surface area (Å²) in [6, 6.07) is 7.31. The summed E-state index contributed by atoms with van der Waals surface area (Å²) in [5.74, 6) is -0.586. The number of esters is 1. The highest BCUT2D eigenvalue weighted by molar-refractivity contribution is 9.10. The quantitative estimate of drug-likeness (QED) is 0.869. The van der Waals surface area contributed by atoms with Crippen molar-refractivity contribution < 1.29 is 9.53 Å². The van der Waals surface area contributed by atoms with E-state index in [2.05, 4.69) is 27.1 Å². The Hall–Kier alpha value is -2.33. The third-order valence-corrected chi connectivity index (χ3v) is 3.22. The molecule has 0 unspecified atom stereocenters. The molecule has 0 aliphatic heterocycles. The first-order valence-electron chi connectivity index (χ1n) is 5.79. The molecule has 2 rings (SSSR count). The highest BCUT2D eigenvalue weighted by Crippen LogP contribution is 2.24. The van der Waals surface area contributed by atoms with Crippen LogP contribution in [0, 0.1) is 11.3 Å². The number of hydrogen-bond acceptors (Lipinski definition) is 5. The molecule has 0 amide bonds. The van der Waals surface area contributed by atoms with Gasteiger partial charge in [-0.3, -0.25) is 0 Å². The molecule has 0 saturated carbocycles. The fourth-order valence-electron chi connectivity index (χ4n) is 1.68. The molecule has 0 saturated heterocycles. The van der Waals surface area contributed by atoms with Gasteiger partial charge in [-0.2, -0.15) is 10.4 Å². The second-order valence-electron chi connectivity index (χ2n) is 3.84. The van der Waals surface area contributed by atoms with Crippen LogP contribution < -0.4 is 5.73 Å². The highest BCUT2D eigenvalue weighted by atomic mass is 79.9. The van der Waals surface area contributed by atoms with Crippen LogP contribution in [0.4, 0.5) is 5.69 Å². The molecule has 0 aliphatic rings. The molecule has 0 bridgehead atoms. The molecule has 7 heteroatoms. The summed E-state index contributed by atoms with van der Waals surface area (Å²) in [6.07, 6.45) is 1.48. The van der Waals surface area contributed by atoms with E-state index in [0.717, 1.165) is 0 Å². The van der Waals surface area contributed by atoms with Crippen LogP contribution in [0.15, 0.2) is 28.9 Å². The number of nitrogens with two attached hydrogens (primary N) is 1. The molecule has 2 N–H and O–H groups in total. The number of aromatic nitrogens is 2. The molecule has 0 spiro atoms. The Kier molecular flexibility index (Phi) is 4.05. The van der Waals surface area contributed by atoms with Crippen molar-refractivity contribution >= 4 is 27.6 Å². The lowest BCUT2D eigenvalue weighted by atomic mass is 10.2. The zero-order valence-electron chi connectivity index (χ0n) is 10.6. The molecule has 102 valence electrons. The molecule has 20 heavy (non-hydrogen) atoms. The van der Waals surface area contributed by atoms with Crippen molar-refractivity contribution in [2.45, 2.75) is 6.92 Å². The van der Waals surface area contributed by atoms with E-state index in [9.17, 15) is 10.1 Å². The van der Waals surface area contributed by atoms with Gasteiger partial charge in [-0.15, -0.1) is 0 Å². The van der Waals surface area contributed by atoms with E-state index < -0.39 is 5.97 Å². The van der Waals surface area contributed by atoms with E-state index in [1.54, 1.807) is 25.1 Å². The number of carbonyl (C=O) groups is 1. The van der Waals surface area contributed by atoms with E-state index in [-0.39, 0.29) is 18.0 Å². The molecular formula is C13H11BrN4O2. The summed E-state index contributed by atoms with van der Waals surface area (Å²) in [4.78, 5) is 11.7. The number of hydrogen-bond donors (Lipinski definition) is 1. The van der Waals surface area contributed by atoms with Crippen molar-refractivity contribution in [1.29, 1.82) is 5.26 Å². The average Bonchev–Trinajstić information content (AvgIpc) is 2.80. The number of nitrogens with zero attached hydrogens (tertiary/aromatic N) is 3. The summed E-state index contributed by atoms with van der Waals surface area (Å²) >= 11 is 3.30. The smallest absolute Gasteiger partial charge is 0.361 e. The Labute approximate surface area is 123 Å². The summed E-state index contributed by atoms with van der Waals surface area (Å²) in [7, 11) is 0. The molecule has 0 aliphatic carbocycles. The maximum atomic E-state index is 11.7. The van der Waals surface area contributed by atoms with Crippen LogP contribution >= 0.6 is 15.9 Å². The molecule has 0 atom stereocenters. The molecule has 1 aromatic carbocycles. The van der Waals surface area contributed by atoms with Gasteiger partial charge in [-0.1, -0.05) is 6.07 Å². The maximum Gasteiger partial charge on any atom is 0.361 e. The SMILES string of the molecule is CCOC(=O)c1nn(-c2cccc(Br)c2C#N)cc1N. The van der Waals surface area contributed by atoms with E-state index in [1.807, 2.05) is 0 Å². The van der Waals surface area contributed by atoms with Crippen molar-refractivity contribution in [1.82, 2.24) is 9.78 Å². The molecule has 6 nitrogen and oxygen atoms in total. The first-order chi connectivity index (χ1) is 9.58. The van der Waals surface area contributed by atoms with Crippen LogP contribution in [0.25, 0.3) is 5.69 Å². The van der Waals surface area contributed by atoms with Crippen LogP contribution in [-0.4, -0.2) is 22.4 Å². The third-order valence-electron chi connectivity index (χ3n) is 2.56. The van der Waals surface area contributed by atoms with Gasteiger partial charge in [0.1, 0.15) is 6.07 Å². The number of halogens is 1. The zero-order valence-corrected chi connectivity index (χ0v) is 12.2. The van der Waals surface area contributed by atoms with Crippen LogP contribution in [-0.2, 0) is 4.74 Å². The Bertz CT molecular complexity index is 703. The number of carbonyl (C=O) groups excluding carboxylic acids is 1. The summed E-state index contributed by atoms with van der Waals surface area (Å²) in [5, 5.41) is 13.3. The van der Waals surface area contributed by atoms with Gasteiger partial charge in [0.15, 0.2) is 5.69 Å². The lowest BCUT2D eigenvalue weighted by Gasteiger charge is -2.05. The van der Waals surface area contributed by atoms with Gasteiger partial charge < -0.3 is 10.5 Å². The first-order valence-corrected chi connectivity index (χ1v) is 6.59. The van der Waals surface area contributed by atoms with Crippen molar-refractivity contribution in [3.05, 3.63) is 40.1 Å². The molecular weight excluding hydrogens is 324 g/mol. The minimum atomic E-state index is -0.586. The van der Waals surface area contributed by atoms with E-state index in [1.165, 1.54) is 10.9 Å². The van der Waals surface area contributed by atoms with E-state index >= 15 is 0 Å². The van der Waals surface area contributed by atoms with Crippen LogP contribution in [0.5, 0.6) is 0 Å². The zero-order chi connectivity index (χ0) is 14.7. The number of nitriles is 1. The van der Waals surface area contributed by atoms with Crippen LogP contribution in [0.3, 0.4) is 0 Å². The minimum Gasteiger partial charge on any atom is -0.461 e. The first kappa shape index (κ1) is 14.1. The monoisotopic (exact) mass is 334 g/mol. The Morgan fingerprint density at radius 3 is 3.00 bits per heavy atom. The van der Waals surface area contributed by atoms with Crippen molar-refractivity contribution in [3.63, 3.8) is 0 Å². The normalized spacial score (nSPS) is 10.1. The Morgan fingerprint density at radius 2 is 2.35 bits per heavy atom. The molecule has 2 aromatic rings. The number of ether oxygens (including phenoxy) is 1. The lowest BCUT2D eigenvalue weighted by molar-refractivity contribution is 0.0520. The Morgan fingerprint density at radius 1 is 1.60 bits per heavy atom. The van der Waals surface area contributed by atoms with Gasteiger partial charge in [0.25, 0.3) is 0 Å². The summed E-state index contributed by atoms with van der Waals surface area (Å²) in [5.41, 5.74) is 6.94. The van der Waals surface area contributed by atoms with Gasteiger partial charge in [0.05, 0.1) is 29.7 Å². The summed E-state index contributed by atoms with van der Waals surface area (Å²) in [6.45, 7) is 1.94. The van der Waals surface area contributed by atoms with Crippen LogP contribution in [0.1, 0.15) is 23.0 Å². The summed E-state index contributed by atoms with van der Waals surface area (Å²) < 4.78 is 6.91. The standard InChI is InChI=1S/C13H11BrN4O2/c1-2-20-13(19)12-10(16)7-18(17-12)11-5-3-4-9(14)8(11)6-15/h3-5,7H,2,16H2,1H3. The van der Waals surface area contributed by atoms with E-state index in [0.29, 0.717) is 15.7 Å². The minimum absolute atomic E-state index is 0.0377. The number of benzene rings is 1. The van der Waals surface area contributed by atoms with Gasteiger partial charge in [0, 0.05) is 4.47 Å². The second kappa shape index (κ2) is 5.75. The van der Waals surface area contributed by atoms with Gasteiger partial charge in [-0.05, 0) is 35.0 Å². The number of anilines is 1. The number of nitrogen functional groups attached to an aromatic ring is 1. The number of rotatable bonds is 3. The van der Waals surface area contributed by atoms with Crippen molar-refractivity contribution in [2.75, 3.05) is 12.3 Å². The molecule has 1 aromatic heterocycles. The molecule has 0 radical (unpaired) electrons. The average molecular weight is 335 g/mol. The topological polar surface area (TPSA) is 93.9 Å². The second-order valence-corrected chi connectivity index (χ2v) is 4.70. The predicted octanol–water partition coefficient (Wildman–Crippen LogP) is 2.27. The maximum absolute atomic E-state index is 11.7. The van der Waals surface area contributed by atoms with Gasteiger partial charge in [0.2, 0.25) is 0 Å². The predicted molar refractivity (Wildman–Crippen MR) is 76.3 cm³/mol. The van der Waals surface area contributed by atoms with Crippen LogP contribution in [0.2, 0.25) is 0 Å². The van der Waals surface area contributed by atoms with Gasteiger partial charge in [-0.25, -0.2) is 9.48 Å². The largest absolute Gasteiger partial charge is 0.461 e. The fraction of sp³-hybridized carbons (Fsp3) is 0.154. The molecule has 1 heterocycles. The van der Waals surface area contributed by atoms with Gasteiger partial charge >= 0.3 is 5.97 Å². The molecule has 0 fully saturated rings.